The van der Waals surface area contributed by atoms with Crippen LogP contribution < -0.4 is 5.32 Å². The summed E-state index contributed by atoms with van der Waals surface area (Å²) in [5.74, 6) is -0.147. The topological polar surface area (TPSA) is 67.9 Å². The van der Waals surface area contributed by atoms with Crippen LogP contribution in [0.15, 0.2) is 0 Å². The van der Waals surface area contributed by atoms with E-state index in [-0.39, 0.29) is 5.92 Å². The van der Waals surface area contributed by atoms with Gasteiger partial charge in [-0.15, -0.1) is 0 Å². The van der Waals surface area contributed by atoms with E-state index in [2.05, 4.69) is 5.32 Å². The van der Waals surface area contributed by atoms with Crippen molar-refractivity contribution in [1.82, 2.24) is 10.2 Å². The summed E-state index contributed by atoms with van der Waals surface area (Å²) < 4.78 is 10.4. The average Bonchev–Trinajstić information content (AvgIpc) is 2.31. The van der Waals surface area contributed by atoms with Crippen LogP contribution >= 0.6 is 0 Å². The number of carbonyl (C=O) groups is 2. The molecule has 0 aromatic rings. The first-order chi connectivity index (χ1) is 10.0. The van der Waals surface area contributed by atoms with Crippen molar-refractivity contribution < 1.29 is 19.1 Å². The van der Waals surface area contributed by atoms with Gasteiger partial charge in [-0.2, -0.15) is 0 Å². The highest BCUT2D eigenvalue weighted by Crippen LogP contribution is 2.09. The predicted octanol–water partition coefficient (Wildman–Crippen LogP) is 2.42. The van der Waals surface area contributed by atoms with Gasteiger partial charge in [0.1, 0.15) is 11.6 Å². The molecule has 1 amide bonds. The Kier molecular flexibility index (Phi) is 9.09. The highest BCUT2D eigenvalue weighted by atomic mass is 16.6. The third-order valence-electron chi connectivity index (χ3n) is 2.63. The van der Waals surface area contributed by atoms with Gasteiger partial charge in [0.25, 0.3) is 0 Å². The Morgan fingerprint density at radius 1 is 1.18 bits per heavy atom. The Labute approximate surface area is 134 Å². The Bertz CT molecular complexity index is 349. The van der Waals surface area contributed by atoms with E-state index in [0.717, 1.165) is 13.0 Å². The average molecular weight is 316 g/mol. The molecule has 0 rings (SSSR count). The molecule has 130 valence electrons. The fourth-order valence-electron chi connectivity index (χ4n) is 1.66. The molecule has 22 heavy (non-hydrogen) atoms. The predicted molar refractivity (Wildman–Crippen MR) is 86.7 cm³/mol. The lowest BCUT2D eigenvalue weighted by molar-refractivity contribution is -0.147. The highest BCUT2D eigenvalue weighted by Gasteiger charge is 2.25. The van der Waals surface area contributed by atoms with Crippen LogP contribution in [0.25, 0.3) is 0 Å². The fraction of sp³-hybridized carbons (Fsp3) is 0.875. The van der Waals surface area contributed by atoms with Gasteiger partial charge in [0.2, 0.25) is 0 Å². The summed E-state index contributed by atoms with van der Waals surface area (Å²) in [6.45, 7) is 10.5. The molecule has 0 aromatic carbocycles. The number of nitrogens with zero attached hydrogens (tertiary/aromatic N) is 1. The number of hydrogen-bond acceptors (Lipinski definition) is 5. The second-order valence-electron chi connectivity index (χ2n) is 7.17. The summed E-state index contributed by atoms with van der Waals surface area (Å²) in [6.07, 6.45) is 0.711. The van der Waals surface area contributed by atoms with E-state index in [9.17, 15) is 9.59 Å². The summed E-state index contributed by atoms with van der Waals surface area (Å²) in [5.41, 5.74) is -0.597. The molecule has 0 spiro atoms. The maximum atomic E-state index is 12.1. The minimum absolute atomic E-state index is 0.257. The fourth-order valence-corrected chi connectivity index (χ4v) is 1.66. The quantitative estimate of drug-likeness (QED) is 0.697. The third-order valence-corrected chi connectivity index (χ3v) is 2.63. The van der Waals surface area contributed by atoms with Crippen LogP contribution in [0, 0.1) is 5.92 Å². The van der Waals surface area contributed by atoms with Crippen LogP contribution in [0.2, 0.25) is 0 Å². The second-order valence-corrected chi connectivity index (χ2v) is 7.17. The van der Waals surface area contributed by atoms with Gasteiger partial charge in [-0.3, -0.25) is 0 Å². The molecule has 1 unspecified atom stereocenters. The number of amides is 1. The van der Waals surface area contributed by atoms with Gasteiger partial charge >= 0.3 is 12.1 Å². The van der Waals surface area contributed by atoms with Crippen molar-refractivity contribution in [1.29, 1.82) is 0 Å². The van der Waals surface area contributed by atoms with Crippen molar-refractivity contribution in [2.75, 3.05) is 27.2 Å². The molecule has 0 heterocycles. The maximum absolute atomic E-state index is 12.1. The number of alkyl carbamates (subject to hydrolysis) is 1. The van der Waals surface area contributed by atoms with Gasteiger partial charge in [-0.05, 0) is 60.2 Å². The smallest absolute Gasteiger partial charge is 0.408 e. The normalized spacial score (nSPS) is 13.1. The standard InChI is InChI=1S/C16H32N2O4/c1-12(2)11-21-14(19)13(9-8-10-18(6)7)17-15(20)22-16(3,4)5/h12-13H,8-11H2,1-7H3,(H,17,20). The van der Waals surface area contributed by atoms with Gasteiger partial charge in [-0.1, -0.05) is 13.8 Å². The van der Waals surface area contributed by atoms with Gasteiger partial charge < -0.3 is 19.7 Å². The molecule has 0 aromatic heterocycles. The van der Waals surface area contributed by atoms with Crippen molar-refractivity contribution >= 4 is 12.1 Å². The summed E-state index contributed by atoms with van der Waals surface area (Å²) in [6, 6.07) is -0.673. The van der Waals surface area contributed by atoms with Crippen molar-refractivity contribution in [3.63, 3.8) is 0 Å². The molecule has 0 radical (unpaired) electrons. The zero-order valence-corrected chi connectivity index (χ0v) is 15.1. The molecule has 0 bridgehead atoms. The molecule has 0 saturated heterocycles. The molecule has 0 aliphatic carbocycles. The maximum Gasteiger partial charge on any atom is 0.408 e. The number of carbonyl (C=O) groups excluding carboxylic acids is 2. The van der Waals surface area contributed by atoms with Crippen molar-refractivity contribution in [3.8, 4) is 0 Å². The van der Waals surface area contributed by atoms with E-state index in [1.54, 1.807) is 20.8 Å². The largest absolute Gasteiger partial charge is 0.464 e. The van der Waals surface area contributed by atoms with Crippen LogP contribution in [-0.2, 0) is 14.3 Å². The van der Waals surface area contributed by atoms with E-state index in [1.807, 2.05) is 32.8 Å². The highest BCUT2D eigenvalue weighted by molar-refractivity contribution is 5.81. The molecule has 0 aliphatic heterocycles. The molecular weight excluding hydrogens is 284 g/mol. The van der Waals surface area contributed by atoms with E-state index >= 15 is 0 Å². The van der Waals surface area contributed by atoms with Gasteiger partial charge in [0.15, 0.2) is 0 Å². The molecule has 6 heteroatoms. The van der Waals surface area contributed by atoms with E-state index in [1.165, 1.54) is 0 Å². The lowest BCUT2D eigenvalue weighted by atomic mass is 10.1. The summed E-state index contributed by atoms with van der Waals surface area (Å²) in [5, 5.41) is 2.62. The van der Waals surface area contributed by atoms with Crippen LogP contribution in [0.1, 0.15) is 47.5 Å². The van der Waals surface area contributed by atoms with Crippen LogP contribution in [0.5, 0.6) is 0 Å². The summed E-state index contributed by atoms with van der Waals surface area (Å²) in [7, 11) is 3.93. The molecule has 0 aliphatic rings. The van der Waals surface area contributed by atoms with Crippen molar-refractivity contribution in [2.45, 2.75) is 59.1 Å². The zero-order valence-electron chi connectivity index (χ0n) is 15.1. The third kappa shape index (κ3) is 11.4. The molecule has 0 fully saturated rings. The van der Waals surface area contributed by atoms with Gasteiger partial charge in [0, 0.05) is 0 Å². The second kappa shape index (κ2) is 9.66. The van der Waals surface area contributed by atoms with E-state index in [0.29, 0.717) is 13.0 Å². The van der Waals surface area contributed by atoms with Crippen LogP contribution in [0.3, 0.4) is 0 Å². The Morgan fingerprint density at radius 2 is 1.77 bits per heavy atom. The van der Waals surface area contributed by atoms with E-state index < -0.39 is 23.7 Å². The Morgan fingerprint density at radius 3 is 2.23 bits per heavy atom. The minimum atomic E-state index is -0.673. The first kappa shape index (κ1) is 20.7. The monoisotopic (exact) mass is 316 g/mol. The number of rotatable bonds is 8. The minimum Gasteiger partial charge on any atom is -0.464 e. The van der Waals surface area contributed by atoms with Crippen LogP contribution in [0.4, 0.5) is 4.79 Å². The first-order valence-corrected chi connectivity index (χ1v) is 7.82. The van der Waals surface area contributed by atoms with Gasteiger partial charge in [0.05, 0.1) is 6.61 Å². The number of nitrogens with one attached hydrogen (secondary N) is 1. The lowest BCUT2D eigenvalue weighted by Crippen LogP contribution is -2.44. The molecule has 0 saturated carbocycles. The SMILES string of the molecule is CC(C)COC(=O)C(CCCN(C)C)NC(=O)OC(C)(C)C. The number of esters is 1. The summed E-state index contributed by atoms with van der Waals surface area (Å²) in [4.78, 5) is 26.0. The van der Waals surface area contributed by atoms with Gasteiger partial charge in [-0.25, -0.2) is 9.59 Å². The first-order valence-electron chi connectivity index (χ1n) is 7.82. The zero-order chi connectivity index (χ0) is 17.3. The van der Waals surface area contributed by atoms with Crippen molar-refractivity contribution in [2.24, 2.45) is 5.92 Å². The molecular formula is C16H32N2O4. The molecule has 6 nitrogen and oxygen atoms in total. The van der Waals surface area contributed by atoms with E-state index in [4.69, 9.17) is 9.47 Å². The Balaban J connectivity index is 4.56. The summed E-state index contributed by atoms with van der Waals surface area (Å²) >= 11 is 0. The Hall–Kier alpha value is -1.30. The number of hydrogen-bond donors (Lipinski definition) is 1. The number of ether oxygens (including phenoxy) is 2. The lowest BCUT2D eigenvalue weighted by Gasteiger charge is -2.23. The van der Waals surface area contributed by atoms with Crippen molar-refractivity contribution in [3.05, 3.63) is 0 Å². The molecule has 1 atom stereocenters. The molecule has 1 N–H and O–H groups in total. The van der Waals surface area contributed by atoms with Crippen LogP contribution in [-0.4, -0.2) is 55.9 Å².